The van der Waals surface area contributed by atoms with E-state index in [1.54, 1.807) is 0 Å². The van der Waals surface area contributed by atoms with E-state index in [1.165, 1.54) is 0 Å². The van der Waals surface area contributed by atoms with Crippen LogP contribution in [-0.2, 0) is 0 Å². The maximum Gasteiger partial charge on any atom is 0.668 e. The van der Waals surface area contributed by atoms with Crippen molar-refractivity contribution in [1.29, 1.82) is 0 Å². The van der Waals surface area contributed by atoms with E-state index in [2.05, 4.69) is 0 Å². The van der Waals surface area contributed by atoms with Crippen LogP contribution in [0.4, 0.5) is 0 Å². The molecule has 11 heavy (non-hydrogen) atoms. The molecule has 0 bridgehead atoms. The highest BCUT2D eigenvalue weighted by Crippen LogP contribution is 1.79. The van der Waals surface area contributed by atoms with E-state index in [0.29, 0.717) is 0 Å². The molecule has 4 nitrogen and oxygen atoms in total. The van der Waals surface area contributed by atoms with Crippen molar-refractivity contribution in [2.45, 2.75) is 0 Å². The second-order valence-corrected chi connectivity index (χ2v) is 2.95. The predicted molar refractivity (Wildman–Crippen MR) is 41.1 cm³/mol. The zero-order valence-electron chi connectivity index (χ0n) is 5.75. The molecule has 4 N–H and O–H groups in total. The molecule has 0 aliphatic heterocycles. The normalized spacial score (nSPS) is 9.82. The van der Waals surface area contributed by atoms with Crippen LogP contribution in [0.5, 0.6) is 0 Å². The lowest BCUT2D eigenvalue weighted by molar-refractivity contribution is 0.117. The van der Waals surface area contributed by atoms with Crippen LogP contribution in [0.3, 0.4) is 0 Å². The molecule has 0 aromatic heterocycles. The third-order valence-corrected chi connectivity index (χ3v) is 0.667. The molecule has 0 spiro atoms. The van der Waals surface area contributed by atoms with Gasteiger partial charge in [-0.25, -0.2) is 0 Å². The molecule has 0 aliphatic carbocycles. The van der Waals surface area contributed by atoms with Crippen molar-refractivity contribution in [1.82, 2.24) is 0 Å². The summed E-state index contributed by atoms with van der Waals surface area (Å²) in [6.45, 7) is 0. The zero-order valence-corrected chi connectivity index (χ0v) is 6.75. The van der Waals surface area contributed by atoms with Crippen molar-refractivity contribution in [3.63, 3.8) is 0 Å². The Hall–Kier alpha value is -0.723. The van der Waals surface area contributed by atoms with Gasteiger partial charge in [0.25, 0.3) is 0 Å². The van der Waals surface area contributed by atoms with Crippen molar-refractivity contribution >= 4 is 9.05 Å². The van der Waals surface area contributed by atoms with Crippen LogP contribution in [0.15, 0.2) is 36.4 Å². The molecule has 0 radical (unpaired) electrons. The molecule has 1 rings (SSSR count). The van der Waals surface area contributed by atoms with Crippen LogP contribution < -0.4 is 0 Å². The Morgan fingerprint density at radius 2 is 0.636 bits per heavy atom. The van der Waals surface area contributed by atoms with Crippen LogP contribution in [0.25, 0.3) is 0 Å². The molecule has 0 fully saturated rings. The smallest absolute Gasteiger partial charge is 0.368 e. The summed E-state index contributed by atoms with van der Waals surface area (Å²) in [5.41, 5.74) is 0. The van der Waals surface area contributed by atoms with Crippen molar-refractivity contribution in [2.24, 2.45) is 0 Å². The summed E-state index contributed by atoms with van der Waals surface area (Å²) in [6, 6.07) is 12.0. The molecule has 62 valence electrons. The Morgan fingerprint density at radius 1 is 0.545 bits per heavy atom. The first-order chi connectivity index (χ1) is 5.00. The van der Waals surface area contributed by atoms with E-state index in [0.717, 1.165) is 0 Å². The SMILES string of the molecule is O[Si](O)(O)O.c1ccccc1. The summed E-state index contributed by atoms with van der Waals surface area (Å²) in [4.78, 5) is 29.3. The number of hydrogen-bond donors (Lipinski definition) is 4. The lowest BCUT2D eigenvalue weighted by Crippen LogP contribution is -2.33. The van der Waals surface area contributed by atoms with Gasteiger partial charge in [-0.3, -0.25) is 0 Å². The Bertz CT molecular complexity index is 139. The first kappa shape index (κ1) is 10.3. The maximum absolute atomic E-state index is 7.33. The van der Waals surface area contributed by atoms with E-state index in [9.17, 15) is 0 Å². The van der Waals surface area contributed by atoms with Crippen LogP contribution in [0, 0.1) is 0 Å². The molecule has 1 aromatic carbocycles. The monoisotopic (exact) mass is 174 g/mol. The molecular weight excluding hydrogens is 164 g/mol. The molecule has 0 heterocycles. The van der Waals surface area contributed by atoms with Gasteiger partial charge in [0, 0.05) is 0 Å². The van der Waals surface area contributed by atoms with Crippen LogP contribution in [0.2, 0.25) is 0 Å². The summed E-state index contributed by atoms with van der Waals surface area (Å²) in [6.07, 6.45) is 0. The average molecular weight is 174 g/mol. The van der Waals surface area contributed by atoms with Crippen molar-refractivity contribution in [3.05, 3.63) is 36.4 Å². The Morgan fingerprint density at radius 3 is 0.727 bits per heavy atom. The van der Waals surface area contributed by atoms with Crippen molar-refractivity contribution < 1.29 is 19.2 Å². The predicted octanol–water partition coefficient (Wildman–Crippen LogP) is -0.922. The largest absolute Gasteiger partial charge is 0.668 e. The number of benzene rings is 1. The fourth-order valence-corrected chi connectivity index (χ4v) is 0.385. The lowest BCUT2D eigenvalue weighted by Gasteiger charge is -1.91. The molecule has 0 aliphatic rings. The molecule has 0 unspecified atom stereocenters. The summed E-state index contributed by atoms with van der Waals surface area (Å²) in [5.74, 6) is 0. The van der Waals surface area contributed by atoms with Crippen LogP contribution in [-0.4, -0.2) is 28.2 Å². The molecule has 5 heteroatoms. The van der Waals surface area contributed by atoms with Gasteiger partial charge in [-0.15, -0.1) is 0 Å². The van der Waals surface area contributed by atoms with Gasteiger partial charge in [0.2, 0.25) is 0 Å². The number of hydrogen-bond acceptors (Lipinski definition) is 4. The minimum atomic E-state index is -4.61. The first-order valence-corrected chi connectivity index (χ1v) is 4.68. The Kier molecular flexibility index (Phi) is 4.67. The summed E-state index contributed by atoms with van der Waals surface area (Å²) in [7, 11) is -4.61. The summed E-state index contributed by atoms with van der Waals surface area (Å²) in [5, 5.41) is 0. The molecule has 1 aromatic rings. The topological polar surface area (TPSA) is 80.9 Å². The number of rotatable bonds is 0. The third kappa shape index (κ3) is 17.6. The van der Waals surface area contributed by atoms with Gasteiger partial charge in [0.15, 0.2) is 0 Å². The summed E-state index contributed by atoms with van der Waals surface area (Å²) < 4.78 is 0. The highest BCUT2D eigenvalue weighted by atomic mass is 28.4. The van der Waals surface area contributed by atoms with E-state index in [4.69, 9.17) is 19.2 Å². The highest BCUT2D eigenvalue weighted by Gasteiger charge is 2.22. The quantitative estimate of drug-likeness (QED) is 0.383. The van der Waals surface area contributed by atoms with E-state index >= 15 is 0 Å². The van der Waals surface area contributed by atoms with Gasteiger partial charge in [0.1, 0.15) is 0 Å². The van der Waals surface area contributed by atoms with Crippen molar-refractivity contribution in [3.8, 4) is 0 Å². The van der Waals surface area contributed by atoms with Gasteiger partial charge in [-0.2, -0.15) is 0 Å². The standard InChI is InChI=1S/C6H6.H4O4Si/c1-2-4-6-5-3-1;1-5(2,3)4/h1-6H;1-4H. The van der Waals surface area contributed by atoms with Gasteiger partial charge in [-0.1, -0.05) is 36.4 Å². The van der Waals surface area contributed by atoms with Gasteiger partial charge >= 0.3 is 9.05 Å². The first-order valence-electron chi connectivity index (χ1n) is 2.89. The fraction of sp³-hybridized carbons (Fsp3) is 0. The van der Waals surface area contributed by atoms with Gasteiger partial charge < -0.3 is 19.2 Å². The minimum Gasteiger partial charge on any atom is -0.368 e. The Labute approximate surface area is 65.5 Å². The fourth-order valence-electron chi connectivity index (χ4n) is 0.385. The molecule has 0 amide bonds. The molecular formula is C6H10O4Si. The van der Waals surface area contributed by atoms with Crippen LogP contribution in [0.1, 0.15) is 0 Å². The highest BCUT2D eigenvalue weighted by molar-refractivity contribution is 6.46. The molecule has 0 saturated carbocycles. The minimum absolute atomic E-state index is 2.00. The van der Waals surface area contributed by atoms with Gasteiger partial charge in [0.05, 0.1) is 0 Å². The van der Waals surface area contributed by atoms with Crippen molar-refractivity contribution in [2.75, 3.05) is 0 Å². The molecule has 0 saturated heterocycles. The van der Waals surface area contributed by atoms with E-state index in [1.807, 2.05) is 36.4 Å². The zero-order chi connectivity index (χ0) is 8.74. The maximum atomic E-state index is 7.33. The average Bonchev–Trinajstić information content (AvgIpc) is 1.88. The van der Waals surface area contributed by atoms with E-state index < -0.39 is 9.05 Å². The summed E-state index contributed by atoms with van der Waals surface area (Å²) >= 11 is 0. The second-order valence-electron chi connectivity index (χ2n) is 1.75. The van der Waals surface area contributed by atoms with Crippen LogP contribution >= 0.6 is 0 Å². The second kappa shape index (κ2) is 5.00. The van der Waals surface area contributed by atoms with E-state index in [-0.39, 0.29) is 0 Å². The third-order valence-electron chi connectivity index (χ3n) is 0.667. The Balaban J connectivity index is 0.000000187. The lowest BCUT2D eigenvalue weighted by atomic mass is 10.4. The molecule has 0 atom stereocenters. The van der Waals surface area contributed by atoms with Gasteiger partial charge in [-0.05, 0) is 0 Å².